The maximum Gasteiger partial charge on any atom is 0.139 e. The van der Waals surface area contributed by atoms with Gasteiger partial charge in [0.1, 0.15) is 12.1 Å². The van der Waals surface area contributed by atoms with Crippen LogP contribution in [0.2, 0.25) is 0 Å². The number of aromatic nitrogens is 2. The minimum atomic E-state index is 0.527. The van der Waals surface area contributed by atoms with Crippen LogP contribution in [0, 0.1) is 5.41 Å². The zero-order valence-electron chi connectivity index (χ0n) is 12.3. The lowest BCUT2D eigenvalue weighted by Gasteiger charge is -2.53. The third kappa shape index (κ3) is 2.28. The molecule has 5 heteroatoms. The van der Waals surface area contributed by atoms with Crippen molar-refractivity contribution in [1.29, 1.82) is 0 Å². The molecule has 110 valence electrons. The summed E-state index contributed by atoms with van der Waals surface area (Å²) in [6, 6.07) is 6.46. The van der Waals surface area contributed by atoms with E-state index in [1.165, 1.54) is 23.1 Å². The van der Waals surface area contributed by atoms with Crippen LogP contribution in [-0.2, 0) is 0 Å². The number of hydrogen-bond acceptors (Lipinski definition) is 5. The topological polar surface area (TPSA) is 41.1 Å². The smallest absolute Gasteiger partial charge is 0.139 e. The Hall–Kier alpha value is -1.33. The van der Waals surface area contributed by atoms with Crippen molar-refractivity contribution in [3.63, 3.8) is 0 Å². The van der Waals surface area contributed by atoms with Crippen molar-refractivity contribution >= 4 is 28.5 Å². The summed E-state index contributed by atoms with van der Waals surface area (Å²) in [6.07, 6.45) is 6.40. The molecule has 0 bridgehead atoms. The molecule has 3 heterocycles. The van der Waals surface area contributed by atoms with Gasteiger partial charge in [-0.1, -0.05) is 0 Å². The summed E-state index contributed by atoms with van der Waals surface area (Å²) in [4.78, 5) is 12.7. The van der Waals surface area contributed by atoms with Crippen LogP contribution in [0.4, 0.5) is 5.82 Å². The number of fused-ring (bicyclic) bond motifs is 1. The third-order valence-electron chi connectivity index (χ3n) is 4.84. The van der Waals surface area contributed by atoms with Gasteiger partial charge in [-0.2, -0.15) is 0 Å². The maximum absolute atomic E-state index is 4.57. The molecule has 2 fully saturated rings. The van der Waals surface area contributed by atoms with Crippen molar-refractivity contribution in [3.8, 4) is 0 Å². The molecule has 1 aromatic carbocycles. The van der Waals surface area contributed by atoms with E-state index in [1.54, 1.807) is 18.1 Å². The van der Waals surface area contributed by atoms with E-state index in [2.05, 4.69) is 44.6 Å². The van der Waals surface area contributed by atoms with Gasteiger partial charge in [0.15, 0.2) is 0 Å². The Bertz CT molecular complexity index is 658. The summed E-state index contributed by atoms with van der Waals surface area (Å²) in [5.41, 5.74) is 1.57. The van der Waals surface area contributed by atoms with E-state index in [4.69, 9.17) is 0 Å². The average molecular weight is 300 g/mol. The highest BCUT2D eigenvalue weighted by molar-refractivity contribution is 7.98. The SMILES string of the molecule is CSc1ccc2ncnc(N3CC4(CCNCC4)C3)c2c1. The second-order valence-corrected chi connectivity index (χ2v) is 7.07. The van der Waals surface area contributed by atoms with Crippen LogP contribution < -0.4 is 10.2 Å². The highest BCUT2D eigenvalue weighted by atomic mass is 32.2. The van der Waals surface area contributed by atoms with Crippen molar-refractivity contribution in [3.05, 3.63) is 24.5 Å². The molecule has 0 aliphatic carbocycles. The van der Waals surface area contributed by atoms with E-state index in [-0.39, 0.29) is 0 Å². The van der Waals surface area contributed by atoms with Gasteiger partial charge in [-0.15, -0.1) is 11.8 Å². The molecule has 2 aliphatic rings. The fourth-order valence-electron chi connectivity index (χ4n) is 3.59. The van der Waals surface area contributed by atoms with E-state index in [0.717, 1.165) is 37.5 Å². The van der Waals surface area contributed by atoms with Crippen molar-refractivity contribution < 1.29 is 0 Å². The van der Waals surface area contributed by atoms with Gasteiger partial charge in [-0.25, -0.2) is 9.97 Å². The summed E-state index contributed by atoms with van der Waals surface area (Å²) in [6.45, 7) is 4.61. The van der Waals surface area contributed by atoms with Crippen molar-refractivity contribution in [2.75, 3.05) is 37.3 Å². The van der Waals surface area contributed by atoms with Gasteiger partial charge >= 0.3 is 0 Å². The maximum atomic E-state index is 4.57. The predicted molar refractivity (Wildman–Crippen MR) is 88.1 cm³/mol. The lowest BCUT2D eigenvalue weighted by Crippen LogP contribution is -2.60. The number of thioether (sulfide) groups is 1. The lowest BCUT2D eigenvalue weighted by molar-refractivity contribution is 0.149. The molecule has 1 aromatic heterocycles. The van der Waals surface area contributed by atoms with E-state index in [0.29, 0.717) is 5.41 Å². The summed E-state index contributed by atoms with van der Waals surface area (Å²) < 4.78 is 0. The number of benzene rings is 1. The molecular weight excluding hydrogens is 280 g/mol. The van der Waals surface area contributed by atoms with Crippen LogP contribution in [0.15, 0.2) is 29.4 Å². The van der Waals surface area contributed by atoms with Gasteiger partial charge in [0.05, 0.1) is 5.52 Å². The Morgan fingerprint density at radius 2 is 2.00 bits per heavy atom. The van der Waals surface area contributed by atoms with E-state index >= 15 is 0 Å². The Morgan fingerprint density at radius 3 is 2.76 bits per heavy atom. The van der Waals surface area contributed by atoms with Crippen LogP contribution in [0.3, 0.4) is 0 Å². The van der Waals surface area contributed by atoms with Crippen LogP contribution in [0.25, 0.3) is 10.9 Å². The molecule has 1 spiro atoms. The molecule has 0 amide bonds. The quantitative estimate of drug-likeness (QED) is 0.863. The second-order valence-electron chi connectivity index (χ2n) is 6.19. The zero-order valence-corrected chi connectivity index (χ0v) is 13.1. The molecule has 0 radical (unpaired) electrons. The second kappa shape index (κ2) is 5.14. The van der Waals surface area contributed by atoms with Gasteiger partial charge in [0, 0.05) is 28.8 Å². The molecule has 0 atom stereocenters. The Kier molecular flexibility index (Phi) is 3.27. The van der Waals surface area contributed by atoms with E-state index < -0.39 is 0 Å². The number of piperidine rings is 1. The van der Waals surface area contributed by atoms with Crippen LogP contribution in [0.1, 0.15) is 12.8 Å². The fraction of sp³-hybridized carbons (Fsp3) is 0.500. The molecule has 4 nitrogen and oxygen atoms in total. The molecule has 21 heavy (non-hydrogen) atoms. The normalized spacial score (nSPS) is 20.7. The van der Waals surface area contributed by atoms with Gasteiger partial charge in [-0.3, -0.25) is 0 Å². The first kappa shape index (κ1) is 13.3. The monoisotopic (exact) mass is 300 g/mol. The average Bonchev–Trinajstić information content (AvgIpc) is 2.52. The first-order valence-corrected chi connectivity index (χ1v) is 8.77. The Balaban J connectivity index is 1.65. The molecule has 2 aromatic rings. The van der Waals surface area contributed by atoms with Gasteiger partial charge in [-0.05, 0) is 50.4 Å². The molecule has 2 aliphatic heterocycles. The molecule has 0 unspecified atom stereocenters. The van der Waals surface area contributed by atoms with Crippen LogP contribution in [0.5, 0.6) is 0 Å². The van der Waals surface area contributed by atoms with Crippen LogP contribution in [-0.4, -0.2) is 42.4 Å². The number of anilines is 1. The summed E-state index contributed by atoms with van der Waals surface area (Å²) in [5, 5.41) is 4.65. The number of nitrogens with zero attached hydrogens (tertiary/aromatic N) is 3. The van der Waals surface area contributed by atoms with Gasteiger partial charge < -0.3 is 10.2 Å². The Morgan fingerprint density at radius 1 is 1.19 bits per heavy atom. The molecule has 1 N–H and O–H groups in total. The first-order valence-electron chi connectivity index (χ1n) is 7.54. The van der Waals surface area contributed by atoms with Gasteiger partial charge in [0.2, 0.25) is 0 Å². The van der Waals surface area contributed by atoms with Crippen molar-refractivity contribution in [2.45, 2.75) is 17.7 Å². The molecule has 2 saturated heterocycles. The lowest BCUT2D eigenvalue weighted by atomic mass is 9.72. The zero-order chi connectivity index (χ0) is 14.3. The number of rotatable bonds is 2. The molecule has 0 saturated carbocycles. The molecule has 4 rings (SSSR count). The van der Waals surface area contributed by atoms with Crippen molar-refractivity contribution in [1.82, 2.24) is 15.3 Å². The van der Waals surface area contributed by atoms with Crippen molar-refractivity contribution in [2.24, 2.45) is 5.41 Å². The first-order chi connectivity index (χ1) is 10.3. The number of hydrogen-bond donors (Lipinski definition) is 1. The fourth-order valence-corrected chi connectivity index (χ4v) is 4.03. The highest BCUT2D eigenvalue weighted by Gasteiger charge is 2.44. The van der Waals surface area contributed by atoms with E-state index in [1.807, 2.05) is 0 Å². The predicted octanol–water partition coefficient (Wildman–Crippen LogP) is 2.54. The summed E-state index contributed by atoms with van der Waals surface area (Å²) in [7, 11) is 0. The number of nitrogens with one attached hydrogen (secondary N) is 1. The van der Waals surface area contributed by atoms with Gasteiger partial charge in [0.25, 0.3) is 0 Å². The Labute approximate surface area is 129 Å². The third-order valence-corrected chi connectivity index (χ3v) is 5.56. The van der Waals surface area contributed by atoms with Crippen LogP contribution >= 0.6 is 11.8 Å². The minimum absolute atomic E-state index is 0.527. The summed E-state index contributed by atoms with van der Waals surface area (Å²) in [5.74, 6) is 1.11. The minimum Gasteiger partial charge on any atom is -0.355 e. The highest BCUT2D eigenvalue weighted by Crippen LogP contribution is 2.42. The standard InChI is InChI=1S/C16H20N4S/c1-21-12-2-3-14-13(8-12)15(19-11-18-14)20-9-16(10-20)4-6-17-7-5-16/h2-3,8,11,17H,4-7,9-10H2,1H3. The molecular formula is C16H20N4S. The summed E-state index contributed by atoms with van der Waals surface area (Å²) >= 11 is 1.77. The largest absolute Gasteiger partial charge is 0.355 e. The van der Waals surface area contributed by atoms with E-state index in [9.17, 15) is 0 Å².